The van der Waals surface area contributed by atoms with Crippen molar-refractivity contribution in [2.24, 2.45) is 0 Å². The first kappa shape index (κ1) is 33.3. The molecule has 8 nitrogen and oxygen atoms in total. The fourth-order valence-electron chi connectivity index (χ4n) is 3.38. The van der Waals surface area contributed by atoms with Gasteiger partial charge in [-0.1, -0.05) is 54.6 Å². The quantitative estimate of drug-likeness (QED) is 0.197. The number of alkyl halides is 3. The van der Waals surface area contributed by atoms with E-state index in [-0.39, 0.29) is 25.1 Å². The predicted octanol–water partition coefficient (Wildman–Crippen LogP) is 5.37. The fourth-order valence-corrected chi connectivity index (χ4v) is 4.02. The normalized spacial score (nSPS) is 12.2. The van der Waals surface area contributed by atoms with Crippen molar-refractivity contribution in [3.63, 3.8) is 0 Å². The Labute approximate surface area is 240 Å². The van der Waals surface area contributed by atoms with Gasteiger partial charge in [-0.2, -0.15) is 11.8 Å². The maximum absolute atomic E-state index is 12.5. The number of carbonyl (C=O) groups is 3. The molecule has 0 spiro atoms. The highest BCUT2D eigenvalue weighted by Gasteiger charge is 2.31. The number of rotatable bonds is 14. The molecule has 220 valence electrons. The van der Waals surface area contributed by atoms with E-state index in [1.165, 1.54) is 37.1 Å². The highest BCUT2D eigenvalue weighted by Crippen LogP contribution is 2.28. The Morgan fingerprint density at radius 2 is 1.68 bits per heavy atom. The summed E-state index contributed by atoms with van der Waals surface area (Å²) in [7, 11) is 1.43. The second-order valence-corrected chi connectivity index (χ2v) is 9.26. The van der Waals surface area contributed by atoms with Gasteiger partial charge in [0.25, 0.3) is 0 Å². The number of hydrogen-bond acceptors (Lipinski definition) is 8. The van der Waals surface area contributed by atoms with Crippen LogP contribution in [0, 0.1) is 0 Å². The minimum absolute atomic E-state index is 0.00730. The van der Waals surface area contributed by atoms with Crippen LogP contribution in [0.3, 0.4) is 0 Å². The molecule has 2 amide bonds. The molecular formula is C29H30F3NO7S. The summed E-state index contributed by atoms with van der Waals surface area (Å²) in [6.45, 7) is -0.0798. The molecule has 0 heterocycles. The summed E-state index contributed by atoms with van der Waals surface area (Å²) >= 11 is 1.33. The van der Waals surface area contributed by atoms with Crippen LogP contribution in [0.2, 0.25) is 0 Å². The van der Waals surface area contributed by atoms with Gasteiger partial charge >= 0.3 is 6.36 Å². The Hall–Kier alpha value is -3.87. The smallest absolute Gasteiger partial charge is 0.491 e. The van der Waals surface area contributed by atoms with Gasteiger partial charge in [0.15, 0.2) is 0 Å². The number of methoxy groups -OCH3 is 1. The number of halogens is 3. The van der Waals surface area contributed by atoms with Crippen molar-refractivity contribution in [2.75, 3.05) is 26.8 Å². The van der Waals surface area contributed by atoms with Crippen LogP contribution in [0.15, 0.2) is 78.9 Å². The first-order chi connectivity index (χ1) is 19.7. The highest BCUT2D eigenvalue weighted by molar-refractivity contribution is 7.99. The largest absolute Gasteiger partial charge is 0.573 e. The van der Waals surface area contributed by atoms with Crippen molar-refractivity contribution in [2.45, 2.75) is 24.1 Å². The molecule has 0 radical (unpaired) electrons. The van der Waals surface area contributed by atoms with Crippen molar-refractivity contribution in [1.82, 2.24) is 5.32 Å². The first-order valence-corrected chi connectivity index (χ1v) is 13.4. The number of benzene rings is 3. The molecule has 2 unspecified atom stereocenters. The minimum atomic E-state index is -4.80. The van der Waals surface area contributed by atoms with Crippen LogP contribution in [-0.4, -0.2) is 57.0 Å². The summed E-state index contributed by atoms with van der Waals surface area (Å²) in [5.74, 6) is -0.226. The summed E-state index contributed by atoms with van der Waals surface area (Å²) in [5, 5.41) is 1.73. The summed E-state index contributed by atoms with van der Waals surface area (Å²) in [6, 6.07) is 21.5. The molecule has 3 aromatic rings. The van der Waals surface area contributed by atoms with Crippen LogP contribution >= 0.6 is 11.8 Å². The maximum atomic E-state index is 12.5. The topological polar surface area (TPSA) is 100 Å². The number of imide groups is 1. The van der Waals surface area contributed by atoms with Crippen molar-refractivity contribution >= 4 is 30.4 Å². The lowest BCUT2D eigenvalue weighted by atomic mass is 10.1. The zero-order chi connectivity index (χ0) is 30.1. The zero-order valence-corrected chi connectivity index (χ0v) is 23.2. The second-order valence-electron chi connectivity index (χ2n) is 8.22. The van der Waals surface area contributed by atoms with E-state index in [2.05, 4.69) is 10.1 Å². The molecular weight excluding hydrogens is 563 g/mol. The van der Waals surface area contributed by atoms with E-state index in [1.54, 1.807) is 48.7 Å². The molecule has 2 atom stereocenters. The molecule has 0 aliphatic heterocycles. The lowest BCUT2D eigenvalue weighted by Crippen LogP contribution is -2.32. The molecule has 3 rings (SSSR count). The van der Waals surface area contributed by atoms with Crippen LogP contribution in [0.1, 0.15) is 27.6 Å². The number of carbonyl (C=O) groups excluding carboxylic acids is 3. The molecule has 0 aliphatic carbocycles. The number of hydrogen-bond donors (Lipinski definition) is 1. The van der Waals surface area contributed by atoms with E-state index in [9.17, 15) is 27.6 Å². The molecule has 41 heavy (non-hydrogen) atoms. The van der Waals surface area contributed by atoms with Crippen LogP contribution in [-0.2, 0) is 25.5 Å². The van der Waals surface area contributed by atoms with E-state index >= 15 is 0 Å². The van der Waals surface area contributed by atoms with Crippen molar-refractivity contribution < 1.29 is 46.5 Å². The standard InChI is InChI=1S/C22H24F3NO6S.C7H6O/c1-29-14-31-19(16-4-3-5-18(11-16)32-22(23,24)25)12-30-17-8-6-15(7-9-17)10-20(33-2)21(28)26-13-27;8-6-7-4-2-1-3-5-7/h3-9,11,13,19-20H,10,12,14H2,1-2H3,(H,26,27,28);1-6H. The van der Waals surface area contributed by atoms with E-state index in [4.69, 9.17) is 14.2 Å². The number of amides is 2. The predicted molar refractivity (Wildman–Crippen MR) is 148 cm³/mol. The van der Waals surface area contributed by atoms with Crippen molar-refractivity contribution in [1.29, 1.82) is 0 Å². The third kappa shape index (κ3) is 12.9. The van der Waals surface area contributed by atoms with E-state index in [1.807, 2.05) is 18.2 Å². The van der Waals surface area contributed by atoms with Crippen LogP contribution in [0.25, 0.3) is 0 Å². The molecule has 3 aromatic carbocycles. The van der Waals surface area contributed by atoms with Crippen molar-refractivity contribution in [3.05, 3.63) is 95.6 Å². The SMILES string of the molecule is COCOC(COc1ccc(CC(SC)C(=O)NC=O)cc1)c1cccc(OC(F)(F)F)c1.O=Cc1ccccc1. The van der Waals surface area contributed by atoms with Gasteiger partial charge in [-0.05, 0) is 48.1 Å². The average molecular weight is 594 g/mol. The Kier molecular flexibility index (Phi) is 14.4. The molecule has 0 saturated heterocycles. The molecule has 12 heteroatoms. The Morgan fingerprint density at radius 1 is 0.976 bits per heavy atom. The first-order valence-electron chi connectivity index (χ1n) is 12.1. The summed E-state index contributed by atoms with van der Waals surface area (Å²) in [6.07, 6.45) is -2.12. The van der Waals surface area contributed by atoms with Crippen molar-refractivity contribution in [3.8, 4) is 11.5 Å². The third-order valence-corrected chi connectivity index (χ3v) is 6.26. The highest BCUT2D eigenvalue weighted by atomic mass is 32.2. The van der Waals surface area contributed by atoms with Gasteiger partial charge in [-0.15, -0.1) is 13.2 Å². The number of nitrogens with one attached hydrogen (secondary N) is 1. The van der Waals surface area contributed by atoms with Gasteiger partial charge in [0.05, 0.1) is 5.25 Å². The second kappa shape index (κ2) is 17.7. The van der Waals surface area contributed by atoms with Gasteiger partial charge in [-0.25, -0.2) is 0 Å². The van der Waals surface area contributed by atoms with Gasteiger partial charge in [0, 0.05) is 12.7 Å². The Balaban J connectivity index is 0.000000629. The summed E-state index contributed by atoms with van der Waals surface area (Å²) < 4.78 is 57.8. The average Bonchev–Trinajstić information content (AvgIpc) is 2.96. The van der Waals surface area contributed by atoms with Crippen LogP contribution < -0.4 is 14.8 Å². The molecule has 1 N–H and O–H groups in total. The lowest BCUT2D eigenvalue weighted by Gasteiger charge is -2.20. The van der Waals surface area contributed by atoms with E-state index < -0.39 is 17.7 Å². The number of ether oxygens (including phenoxy) is 4. The Morgan fingerprint density at radius 3 is 2.24 bits per heavy atom. The maximum Gasteiger partial charge on any atom is 0.573 e. The van der Waals surface area contributed by atoms with Crippen LogP contribution in [0.5, 0.6) is 11.5 Å². The Bertz CT molecular complexity index is 1210. The van der Waals surface area contributed by atoms with Gasteiger partial charge in [0.1, 0.15) is 37.3 Å². The number of thioether (sulfide) groups is 1. The van der Waals surface area contributed by atoms with Gasteiger partial charge < -0.3 is 18.9 Å². The van der Waals surface area contributed by atoms with Crippen LogP contribution in [0.4, 0.5) is 13.2 Å². The fraction of sp³-hybridized carbons (Fsp3) is 0.276. The number of aldehydes is 1. The lowest BCUT2D eigenvalue weighted by molar-refractivity contribution is -0.274. The minimum Gasteiger partial charge on any atom is -0.491 e. The summed E-state index contributed by atoms with van der Waals surface area (Å²) in [4.78, 5) is 32.3. The molecule has 0 saturated carbocycles. The summed E-state index contributed by atoms with van der Waals surface area (Å²) in [5.41, 5.74) is 2.02. The molecule has 0 aliphatic rings. The van der Waals surface area contributed by atoms with E-state index in [0.717, 1.165) is 17.4 Å². The van der Waals surface area contributed by atoms with E-state index in [0.29, 0.717) is 24.1 Å². The third-order valence-electron chi connectivity index (χ3n) is 5.31. The molecule has 0 fully saturated rings. The molecule has 0 bridgehead atoms. The van der Waals surface area contributed by atoms with Gasteiger partial charge in [-0.3, -0.25) is 19.7 Å². The molecule has 0 aromatic heterocycles. The monoisotopic (exact) mass is 593 g/mol. The van der Waals surface area contributed by atoms with Gasteiger partial charge in [0.2, 0.25) is 12.3 Å². The zero-order valence-electron chi connectivity index (χ0n) is 22.3.